The van der Waals surface area contributed by atoms with Crippen molar-refractivity contribution in [3.05, 3.63) is 34.1 Å². The zero-order valence-electron chi connectivity index (χ0n) is 11.9. The lowest BCUT2D eigenvalue weighted by Crippen LogP contribution is -2.39. The van der Waals surface area contributed by atoms with Crippen LogP contribution in [0.5, 0.6) is 0 Å². The van der Waals surface area contributed by atoms with E-state index in [0.29, 0.717) is 12.1 Å². The summed E-state index contributed by atoms with van der Waals surface area (Å²) in [5.74, 6) is 0.154. The monoisotopic (exact) mass is 342 g/mol. The highest BCUT2D eigenvalue weighted by atomic mass is 79.9. The van der Waals surface area contributed by atoms with E-state index in [9.17, 15) is 9.18 Å². The van der Waals surface area contributed by atoms with Crippen LogP contribution in [0.25, 0.3) is 0 Å². The Kier molecular flexibility index (Phi) is 5.16. The summed E-state index contributed by atoms with van der Waals surface area (Å²) in [7, 11) is 3.60. The third kappa shape index (κ3) is 3.79. The number of likely N-dealkylation sites (tertiary alicyclic amines) is 1. The van der Waals surface area contributed by atoms with Crippen LogP contribution < -0.4 is 0 Å². The summed E-state index contributed by atoms with van der Waals surface area (Å²) in [4.78, 5) is 15.8. The van der Waals surface area contributed by atoms with E-state index in [1.807, 2.05) is 12.1 Å². The van der Waals surface area contributed by atoms with Crippen molar-refractivity contribution in [2.75, 3.05) is 27.2 Å². The molecular formula is C15H20BrFN2O. The first-order valence-corrected chi connectivity index (χ1v) is 7.64. The summed E-state index contributed by atoms with van der Waals surface area (Å²) < 4.78 is 14.6. The van der Waals surface area contributed by atoms with Gasteiger partial charge in [-0.1, -0.05) is 22.0 Å². The molecule has 0 saturated carbocycles. The Morgan fingerprint density at radius 2 is 2.05 bits per heavy atom. The van der Waals surface area contributed by atoms with Gasteiger partial charge < -0.3 is 4.90 Å². The molecule has 3 nitrogen and oxygen atoms in total. The zero-order chi connectivity index (χ0) is 14.7. The predicted octanol–water partition coefficient (Wildman–Crippen LogP) is 2.89. The molecule has 1 amide bonds. The Hall–Kier alpha value is -0.940. The van der Waals surface area contributed by atoms with Gasteiger partial charge in [-0.15, -0.1) is 0 Å². The number of amides is 1. The minimum atomic E-state index is -0.175. The van der Waals surface area contributed by atoms with Gasteiger partial charge in [0.15, 0.2) is 0 Å². The van der Waals surface area contributed by atoms with Crippen molar-refractivity contribution < 1.29 is 9.18 Å². The van der Waals surface area contributed by atoms with Crippen LogP contribution in [-0.4, -0.2) is 42.9 Å². The van der Waals surface area contributed by atoms with Crippen molar-refractivity contribution in [3.8, 4) is 0 Å². The molecule has 0 aromatic heterocycles. The van der Waals surface area contributed by atoms with Crippen LogP contribution in [0.1, 0.15) is 18.4 Å². The number of halogens is 2. The third-order valence-corrected chi connectivity index (χ3v) is 4.28. The van der Waals surface area contributed by atoms with Crippen LogP contribution in [-0.2, 0) is 11.3 Å². The van der Waals surface area contributed by atoms with E-state index >= 15 is 0 Å². The fourth-order valence-corrected chi connectivity index (χ4v) is 2.93. The summed E-state index contributed by atoms with van der Waals surface area (Å²) >= 11 is 3.26. The highest BCUT2D eigenvalue weighted by Crippen LogP contribution is 2.22. The first kappa shape index (κ1) is 15.4. The molecule has 1 aromatic carbocycles. The molecule has 5 heteroatoms. The van der Waals surface area contributed by atoms with Gasteiger partial charge in [-0.3, -0.25) is 9.69 Å². The Labute approximate surface area is 127 Å². The molecule has 0 spiro atoms. The molecule has 0 radical (unpaired) electrons. The molecule has 0 aliphatic carbocycles. The van der Waals surface area contributed by atoms with Gasteiger partial charge >= 0.3 is 0 Å². The van der Waals surface area contributed by atoms with E-state index in [4.69, 9.17) is 0 Å². The number of rotatable bonds is 3. The van der Waals surface area contributed by atoms with E-state index in [2.05, 4.69) is 20.8 Å². The second-order valence-electron chi connectivity index (χ2n) is 5.52. The SMILES string of the molecule is CN(C)C(=O)C1CCN(Cc2ccc(Br)cc2F)CC1. The quantitative estimate of drug-likeness (QED) is 0.843. The Morgan fingerprint density at radius 1 is 1.40 bits per heavy atom. The number of hydrogen-bond acceptors (Lipinski definition) is 2. The van der Waals surface area contributed by atoms with E-state index < -0.39 is 0 Å². The summed E-state index contributed by atoms with van der Waals surface area (Å²) in [5.41, 5.74) is 0.714. The molecule has 1 saturated heterocycles. The molecule has 2 rings (SSSR count). The maximum atomic E-state index is 13.8. The van der Waals surface area contributed by atoms with Crippen molar-refractivity contribution in [2.24, 2.45) is 5.92 Å². The maximum absolute atomic E-state index is 13.8. The van der Waals surface area contributed by atoms with Crippen LogP contribution in [0.4, 0.5) is 4.39 Å². The van der Waals surface area contributed by atoms with Crippen LogP contribution in [0.2, 0.25) is 0 Å². The molecular weight excluding hydrogens is 323 g/mol. The lowest BCUT2D eigenvalue weighted by molar-refractivity contribution is -0.134. The molecule has 1 aliphatic rings. The minimum absolute atomic E-state index is 0.121. The van der Waals surface area contributed by atoms with Crippen molar-refractivity contribution in [3.63, 3.8) is 0 Å². The summed E-state index contributed by atoms with van der Waals surface area (Å²) in [6.07, 6.45) is 1.71. The van der Waals surface area contributed by atoms with Gasteiger partial charge in [0, 0.05) is 36.6 Å². The molecule has 0 atom stereocenters. The number of carbonyl (C=O) groups is 1. The van der Waals surface area contributed by atoms with E-state index in [1.54, 1.807) is 19.0 Å². The molecule has 1 aliphatic heterocycles. The van der Waals surface area contributed by atoms with E-state index in [0.717, 1.165) is 30.4 Å². The van der Waals surface area contributed by atoms with Crippen LogP contribution in [0.15, 0.2) is 22.7 Å². The van der Waals surface area contributed by atoms with Gasteiger partial charge in [-0.25, -0.2) is 4.39 Å². The van der Waals surface area contributed by atoms with Gasteiger partial charge in [0.2, 0.25) is 5.91 Å². The summed E-state index contributed by atoms with van der Waals surface area (Å²) in [6.45, 7) is 2.31. The maximum Gasteiger partial charge on any atom is 0.225 e. The van der Waals surface area contributed by atoms with Crippen molar-refractivity contribution in [1.29, 1.82) is 0 Å². The second kappa shape index (κ2) is 6.68. The highest BCUT2D eigenvalue weighted by molar-refractivity contribution is 9.10. The second-order valence-corrected chi connectivity index (χ2v) is 6.43. The fourth-order valence-electron chi connectivity index (χ4n) is 2.59. The molecule has 1 fully saturated rings. The Bertz CT molecular complexity index is 485. The molecule has 0 bridgehead atoms. The zero-order valence-corrected chi connectivity index (χ0v) is 13.5. The average Bonchev–Trinajstić information content (AvgIpc) is 2.42. The Balaban J connectivity index is 1.90. The third-order valence-electron chi connectivity index (χ3n) is 3.79. The number of nitrogens with zero attached hydrogens (tertiary/aromatic N) is 2. The molecule has 0 unspecified atom stereocenters. The first-order chi connectivity index (χ1) is 9.47. The summed E-state index contributed by atoms with van der Waals surface area (Å²) in [5, 5.41) is 0. The lowest BCUT2D eigenvalue weighted by atomic mass is 9.95. The van der Waals surface area contributed by atoms with Crippen molar-refractivity contribution in [1.82, 2.24) is 9.80 Å². The first-order valence-electron chi connectivity index (χ1n) is 6.85. The molecule has 1 aromatic rings. The van der Waals surface area contributed by atoms with Crippen LogP contribution in [0.3, 0.4) is 0 Å². The Morgan fingerprint density at radius 3 is 2.60 bits per heavy atom. The molecule has 0 N–H and O–H groups in total. The number of carbonyl (C=O) groups excluding carboxylic acids is 1. The van der Waals surface area contributed by atoms with Gasteiger partial charge in [0.25, 0.3) is 0 Å². The molecule has 110 valence electrons. The van der Waals surface area contributed by atoms with E-state index in [-0.39, 0.29) is 17.6 Å². The lowest BCUT2D eigenvalue weighted by Gasteiger charge is -2.32. The van der Waals surface area contributed by atoms with Gasteiger partial charge in [0.1, 0.15) is 5.82 Å². The van der Waals surface area contributed by atoms with Crippen LogP contribution in [0, 0.1) is 11.7 Å². The molecule has 1 heterocycles. The largest absolute Gasteiger partial charge is 0.349 e. The number of piperidine rings is 1. The molecule has 20 heavy (non-hydrogen) atoms. The normalized spacial score (nSPS) is 17.2. The highest BCUT2D eigenvalue weighted by Gasteiger charge is 2.26. The standard InChI is InChI=1S/C15H20BrFN2O/c1-18(2)15(20)11-5-7-19(8-6-11)10-12-3-4-13(16)9-14(12)17/h3-4,9,11H,5-8,10H2,1-2H3. The number of benzene rings is 1. The van der Waals surface area contributed by atoms with Crippen molar-refractivity contribution in [2.45, 2.75) is 19.4 Å². The van der Waals surface area contributed by atoms with Crippen molar-refractivity contribution >= 4 is 21.8 Å². The van der Waals surface area contributed by atoms with E-state index in [1.165, 1.54) is 6.07 Å². The average molecular weight is 343 g/mol. The predicted molar refractivity (Wildman–Crippen MR) is 80.8 cm³/mol. The van der Waals surface area contributed by atoms with Gasteiger partial charge in [0.05, 0.1) is 0 Å². The smallest absolute Gasteiger partial charge is 0.225 e. The number of hydrogen-bond donors (Lipinski definition) is 0. The minimum Gasteiger partial charge on any atom is -0.349 e. The topological polar surface area (TPSA) is 23.6 Å². The van der Waals surface area contributed by atoms with Gasteiger partial charge in [-0.2, -0.15) is 0 Å². The van der Waals surface area contributed by atoms with Gasteiger partial charge in [-0.05, 0) is 38.1 Å². The van der Waals surface area contributed by atoms with Crippen LogP contribution >= 0.6 is 15.9 Å². The summed E-state index contributed by atoms with van der Waals surface area (Å²) in [6, 6.07) is 5.18. The fraction of sp³-hybridized carbons (Fsp3) is 0.533.